The van der Waals surface area contributed by atoms with Gasteiger partial charge in [-0.05, 0) is 5.41 Å². The highest BCUT2D eigenvalue weighted by Crippen LogP contribution is 2.24. The van der Waals surface area contributed by atoms with E-state index in [4.69, 9.17) is 0 Å². The first-order valence-electron chi connectivity index (χ1n) is 5.78. The third-order valence-corrected chi connectivity index (χ3v) is 2.37. The van der Waals surface area contributed by atoms with Crippen LogP contribution >= 0.6 is 0 Å². The van der Waals surface area contributed by atoms with Crippen molar-refractivity contribution in [1.29, 1.82) is 0 Å². The number of nitrogens with zero attached hydrogens (tertiary/aromatic N) is 3. The van der Waals surface area contributed by atoms with E-state index in [0.29, 0.717) is 11.6 Å². The van der Waals surface area contributed by atoms with Crippen molar-refractivity contribution in [2.24, 2.45) is 5.41 Å². The summed E-state index contributed by atoms with van der Waals surface area (Å²) in [6.07, 6.45) is 0. The zero-order valence-electron chi connectivity index (χ0n) is 11.5. The van der Waals surface area contributed by atoms with Gasteiger partial charge in [0.05, 0.1) is 17.1 Å². The Labute approximate surface area is 107 Å². The van der Waals surface area contributed by atoms with E-state index >= 15 is 0 Å². The van der Waals surface area contributed by atoms with Crippen LogP contribution in [-0.2, 0) is 0 Å². The third kappa shape index (κ3) is 3.87. The Morgan fingerprint density at radius 1 is 1.44 bits per heavy atom. The number of hydrogen-bond donors (Lipinski definition) is 1. The molecular formula is C12H20N4O2. The first-order valence-corrected chi connectivity index (χ1v) is 5.78. The van der Waals surface area contributed by atoms with Crippen molar-refractivity contribution >= 4 is 17.3 Å². The number of pyridine rings is 1. The standard InChI is InChI=1S/C12H20N4O2/c1-12(2,3)8-15(5)11-7-9(16(17)18)6-10(13-4)14-11/h6-7H,8H2,1-5H3,(H,13,14). The van der Waals surface area contributed by atoms with Crippen molar-refractivity contribution in [3.63, 3.8) is 0 Å². The lowest BCUT2D eigenvalue weighted by Crippen LogP contribution is -2.29. The fraction of sp³-hybridized carbons (Fsp3) is 0.583. The summed E-state index contributed by atoms with van der Waals surface area (Å²) in [5, 5.41) is 13.7. The van der Waals surface area contributed by atoms with Gasteiger partial charge in [-0.1, -0.05) is 20.8 Å². The van der Waals surface area contributed by atoms with Crippen LogP contribution in [0.2, 0.25) is 0 Å². The molecule has 0 aliphatic heterocycles. The smallest absolute Gasteiger partial charge is 0.276 e. The molecule has 1 rings (SSSR count). The van der Waals surface area contributed by atoms with E-state index in [2.05, 4.69) is 31.1 Å². The molecule has 0 bridgehead atoms. The summed E-state index contributed by atoms with van der Waals surface area (Å²) in [6, 6.07) is 2.92. The molecule has 18 heavy (non-hydrogen) atoms. The van der Waals surface area contributed by atoms with Crippen molar-refractivity contribution in [3.8, 4) is 0 Å². The molecule has 0 aromatic carbocycles. The monoisotopic (exact) mass is 252 g/mol. The molecule has 1 aromatic heterocycles. The lowest BCUT2D eigenvalue weighted by molar-refractivity contribution is -0.384. The van der Waals surface area contributed by atoms with Gasteiger partial charge in [0, 0.05) is 20.6 Å². The van der Waals surface area contributed by atoms with Crippen molar-refractivity contribution in [2.75, 3.05) is 30.9 Å². The number of rotatable bonds is 4. The Bertz CT molecular complexity index is 440. The Morgan fingerprint density at radius 3 is 2.50 bits per heavy atom. The minimum atomic E-state index is -0.406. The first kappa shape index (κ1) is 14.2. The molecule has 0 fully saturated rings. The zero-order chi connectivity index (χ0) is 13.9. The highest BCUT2D eigenvalue weighted by atomic mass is 16.6. The summed E-state index contributed by atoms with van der Waals surface area (Å²) in [7, 11) is 3.58. The number of anilines is 2. The molecule has 1 N–H and O–H groups in total. The fourth-order valence-corrected chi connectivity index (χ4v) is 1.72. The molecule has 0 aliphatic carbocycles. The third-order valence-electron chi connectivity index (χ3n) is 2.37. The van der Waals surface area contributed by atoms with Gasteiger partial charge in [0.1, 0.15) is 11.6 Å². The Hall–Kier alpha value is -1.85. The van der Waals surface area contributed by atoms with Crippen LogP contribution in [0.1, 0.15) is 20.8 Å². The minimum Gasteiger partial charge on any atom is -0.373 e. The van der Waals surface area contributed by atoms with Crippen LogP contribution in [0.25, 0.3) is 0 Å². The molecule has 6 nitrogen and oxygen atoms in total. The van der Waals surface area contributed by atoms with Crippen LogP contribution < -0.4 is 10.2 Å². The van der Waals surface area contributed by atoms with Gasteiger partial charge in [-0.15, -0.1) is 0 Å². The average Bonchev–Trinajstić information content (AvgIpc) is 2.26. The predicted molar refractivity (Wildman–Crippen MR) is 73.2 cm³/mol. The lowest BCUT2D eigenvalue weighted by atomic mass is 9.96. The normalized spacial score (nSPS) is 11.2. The van der Waals surface area contributed by atoms with E-state index in [1.54, 1.807) is 7.05 Å². The second-order valence-electron chi connectivity index (χ2n) is 5.49. The molecule has 0 saturated carbocycles. The van der Waals surface area contributed by atoms with Gasteiger partial charge in [0.2, 0.25) is 0 Å². The summed E-state index contributed by atoms with van der Waals surface area (Å²) < 4.78 is 0. The summed E-state index contributed by atoms with van der Waals surface area (Å²) in [5.41, 5.74) is 0.144. The summed E-state index contributed by atoms with van der Waals surface area (Å²) in [6.45, 7) is 7.10. The van der Waals surface area contributed by atoms with E-state index < -0.39 is 4.92 Å². The van der Waals surface area contributed by atoms with Gasteiger partial charge >= 0.3 is 0 Å². The van der Waals surface area contributed by atoms with Gasteiger partial charge in [0.25, 0.3) is 5.69 Å². The van der Waals surface area contributed by atoms with Gasteiger partial charge in [0.15, 0.2) is 0 Å². The Balaban J connectivity index is 3.07. The maximum absolute atomic E-state index is 10.9. The lowest BCUT2D eigenvalue weighted by Gasteiger charge is -2.27. The van der Waals surface area contributed by atoms with Crippen LogP contribution in [0.4, 0.5) is 17.3 Å². The highest BCUT2D eigenvalue weighted by molar-refractivity contribution is 5.55. The van der Waals surface area contributed by atoms with Crippen molar-refractivity contribution in [3.05, 3.63) is 22.2 Å². The molecule has 1 aromatic rings. The summed E-state index contributed by atoms with van der Waals surface area (Å²) >= 11 is 0. The molecule has 100 valence electrons. The van der Waals surface area contributed by atoms with Crippen LogP contribution in [0.3, 0.4) is 0 Å². The van der Waals surface area contributed by atoms with Crippen LogP contribution in [-0.4, -0.2) is 30.5 Å². The Morgan fingerprint density at radius 2 is 2.06 bits per heavy atom. The molecular weight excluding hydrogens is 232 g/mol. The van der Waals surface area contributed by atoms with Crippen molar-refractivity contribution < 1.29 is 4.92 Å². The second-order valence-corrected chi connectivity index (χ2v) is 5.49. The molecule has 0 unspecified atom stereocenters. The molecule has 0 aliphatic rings. The first-order chi connectivity index (χ1) is 8.23. The van der Waals surface area contributed by atoms with E-state index in [1.807, 2.05) is 11.9 Å². The van der Waals surface area contributed by atoms with Crippen molar-refractivity contribution in [2.45, 2.75) is 20.8 Å². The van der Waals surface area contributed by atoms with Gasteiger partial charge in [-0.25, -0.2) is 4.98 Å². The van der Waals surface area contributed by atoms with E-state index in [0.717, 1.165) is 6.54 Å². The second kappa shape index (κ2) is 5.20. The Kier molecular flexibility index (Phi) is 4.11. The minimum absolute atomic E-state index is 0.0464. The SMILES string of the molecule is CNc1cc([N+](=O)[O-])cc(N(C)CC(C)(C)C)n1. The van der Waals surface area contributed by atoms with Gasteiger partial charge in [-0.2, -0.15) is 0 Å². The number of hydrogen-bond acceptors (Lipinski definition) is 5. The van der Waals surface area contributed by atoms with Gasteiger partial charge in [-0.3, -0.25) is 10.1 Å². The molecule has 0 atom stereocenters. The molecule has 6 heteroatoms. The summed E-state index contributed by atoms with van der Waals surface area (Å²) in [5.74, 6) is 1.10. The number of aromatic nitrogens is 1. The van der Waals surface area contributed by atoms with Crippen molar-refractivity contribution in [1.82, 2.24) is 4.98 Å². The van der Waals surface area contributed by atoms with Crippen LogP contribution in [0, 0.1) is 15.5 Å². The summed E-state index contributed by atoms with van der Waals surface area (Å²) in [4.78, 5) is 16.7. The molecule has 0 spiro atoms. The van der Waals surface area contributed by atoms with E-state index in [9.17, 15) is 10.1 Å². The van der Waals surface area contributed by atoms with Crippen LogP contribution in [0.15, 0.2) is 12.1 Å². The maximum Gasteiger partial charge on any atom is 0.276 e. The number of nitro groups is 1. The molecule has 0 radical (unpaired) electrons. The average molecular weight is 252 g/mol. The number of nitrogens with one attached hydrogen (secondary N) is 1. The predicted octanol–water partition coefficient (Wildman–Crippen LogP) is 2.51. The molecule has 0 amide bonds. The van der Waals surface area contributed by atoms with Gasteiger partial charge < -0.3 is 10.2 Å². The van der Waals surface area contributed by atoms with E-state index in [1.165, 1.54) is 12.1 Å². The highest BCUT2D eigenvalue weighted by Gasteiger charge is 2.18. The quantitative estimate of drug-likeness (QED) is 0.658. The van der Waals surface area contributed by atoms with E-state index in [-0.39, 0.29) is 11.1 Å². The van der Waals surface area contributed by atoms with Crippen LogP contribution in [0.5, 0.6) is 0 Å². The fourth-order valence-electron chi connectivity index (χ4n) is 1.72. The zero-order valence-corrected chi connectivity index (χ0v) is 11.5. The maximum atomic E-state index is 10.9. The molecule has 1 heterocycles. The topological polar surface area (TPSA) is 71.3 Å². The molecule has 0 saturated heterocycles. The largest absolute Gasteiger partial charge is 0.373 e.